The highest BCUT2D eigenvalue weighted by Gasteiger charge is 2.34. The van der Waals surface area contributed by atoms with E-state index in [0.717, 1.165) is 10.8 Å². The molecule has 0 aliphatic heterocycles. The van der Waals surface area contributed by atoms with Gasteiger partial charge < -0.3 is 0 Å². The lowest BCUT2D eigenvalue weighted by molar-refractivity contribution is 0.602. The summed E-state index contributed by atoms with van der Waals surface area (Å²) in [6.07, 6.45) is 0. The fraction of sp³-hybridized carbons (Fsp3) is 0. The van der Waals surface area contributed by atoms with Crippen molar-refractivity contribution in [3.63, 3.8) is 0 Å². The highest BCUT2D eigenvalue weighted by atomic mass is 32.3. The van der Waals surface area contributed by atoms with Gasteiger partial charge in [0.05, 0.1) is 9.79 Å². The number of hydrogen-bond donors (Lipinski definition) is 1. The van der Waals surface area contributed by atoms with Crippen molar-refractivity contribution in [1.29, 1.82) is 5.41 Å². The first-order valence-electron chi connectivity index (χ1n) is 8.36. The van der Waals surface area contributed by atoms with Gasteiger partial charge in [0.1, 0.15) is 0 Å². The minimum absolute atomic E-state index is 0.222. The van der Waals surface area contributed by atoms with Crippen LogP contribution in [-0.2, 0) is 19.7 Å². The lowest BCUT2D eigenvalue weighted by atomic mass is 10.1. The van der Waals surface area contributed by atoms with Crippen LogP contribution in [0, 0.1) is 5.41 Å². The third-order valence-corrected chi connectivity index (χ3v) is 8.59. The van der Waals surface area contributed by atoms with E-state index in [1.807, 2.05) is 24.3 Å². The van der Waals surface area contributed by atoms with E-state index in [-0.39, 0.29) is 9.79 Å². The zero-order valence-electron chi connectivity index (χ0n) is 14.5. The Morgan fingerprint density at radius 2 is 0.893 bits per heavy atom. The number of rotatable bonds is 2. The highest BCUT2D eigenvalue weighted by molar-refractivity contribution is 8.31. The third kappa shape index (κ3) is 2.98. The van der Waals surface area contributed by atoms with E-state index in [1.165, 1.54) is 24.3 Å². The second-order valence-electron chi connectivity index (χ2n) is 6.31. The van der Waals surface area contributed by atoms with E-state index in [0.29, 0.717) is 10.8 Å². The summed E-state index contributed by atoms with van der Waals surface area (Å²) < 4.78 is 50.1. The fourth-order valence-corrected chi connectivity index (χ4v) is 6.25. The first kappa shape index (κ1) is 18.3. The molecule has 0 radical (unpaired) electrons. The molecule has 0 spiro atoms. The summed E-state index contributed by atoms with van der Waals surface area (Å²) in [5, 5.41) is 11.0. The molecule has 0 aliphatic carbocycles. The van der Waals surface area contributed by atoms with Gasteiger partial charge >= 0.3 is 0 Å². The molecule has 0 unspecified atom stereocenters. The normalized spacial score (nSPS) is 12.3. The summed E-state index contributed by atoms with van der Waals surface area (Å²) in [6, 6.07) is 22.9. The van der Waals surface area contributed by atoms with Crippen LogP contribution in [0.5, 0.6) is 0 Å². The van der Waals surface area contributed by atoms with Crippen LogP contribution in [0.2, 0.25) is 0 Å². The van der Waals surface area contributed by atoms with Crippen molar-refractivity contribution in [2.45, 2.75) is 9.79 Å². The molecule has 0 saturated carbocycles. The molecule has 0 bridgehead atoms. The van der Waals surface area contributed by atoms with Gasteiger partial charge in [-0.15, -0.1) is 0 Å². The summed E-state index contributed by atoms with van der Waals surface area (Å²) in [4.78, 5) is -0.443. The smallest absolute Gasteiger partial charge is 0.249 e. The Balaban J connectivity index is 1.80. The molecule has 4 aromatic carbocycles. The predicted molar refractivity (Wildman–Crippen MR) is 110 cm³/mol. The van der Waals surface area contributed by atoms with Crippen LogP contribution in [-0.4, -0.2) is 21.2 Å². The van der Waals surface area contributed by atoms with Gasteiger partial charge in [-0.2, -0.15) is 0 Å². The van der Waals surface area contributed by atoms with E-state index in [1.54, 1.807) is 36.4 Å². The van der Waals surface area contributed by atoms with Gasteiger partial charge in [0, 0.05) is 0 Å². The van der Waals surface area contributed by atoms with Gasteiger partial charge in [-0.25, -0.2) is 16.8 Å². The molecule has 0 aliphatic rings. The molecule has 0 atom stereocenters. The van der Waals surface area contributed by atoms with E-state index >= 15 is 0 Å². The molecular formula is C21H15NO4S2. The predicted octanol–water partition coefficient (Wildman–Crippen LogP) is 4.18. The fourth-order valence-electron chi connectivity index (χ4n) is 3.03. The van der Waals surface area contributed by atoms with Gasteiger partial charge in [-0.1, -0.05) is 60.7 Å². The second-order valence-corrected chi connectivity index (χ2v) is 10.3. The number of nitrogens with one attached hydrogen (secondary N) is 1. The van der Waals surface area contributed by atoms with E-state index in [4.69, 9.17) is 5.41 Å². The Hall–Kier alpha value is -3.03. The maximum atomic E-state index is 12.9. The molecule has 4 aromatic rings. The van der Waals surface area contributed by atoms with Gasteiger partial charge in [-0.3, -0.25) is 5.41 Å². The molecule has 1 N–H and O–H groups in total. The maximum absolute atomic E-state index is 12.9. The second kappa shape index (κ2) is 6.54. The summed E-state index contributed by atoms with van der Waals surface area (Å²) in [7, 11) is -8.99. The minimum atomic E-state index is -4.49. The zero-order valence-corrected chi connectivity index (χ0v) is 16.2. The summed E-state index contributed by atoms with van der Waals surface area (Å²) in [6.45, 7) is 0. The van der Waals surface area contributed by atoms with Crippen molar-refractivity contribution >= 4 is 45.6 Å². The molecule has 0 fully saturated rings. The lowest BCUT2D eigenvalue weighted by Gasteiger charge is -2.09. The highest BCUT2D eigenvalue weighted by Crippen LogP contribution is 2.26. The summed E-state index contributed by atoms with van der Waals surface area (Å²) in [5.41, 5.74) is 0. The Morgan fingerprint density at radius 1 is 0.536 bits per heavy atom. The number of fused-ring (bicyclic) bond motifs is 2. The zero-order chi connectivity index (χ0) is 19.9. The van der Waals surface area contributed by atoms with Crippen LogP contribution >= 0.6 is 0 Å². The Morgan fingerprint density at radius 3 is 1.29 bits per heavy atom. The van der Waals surface area contributed by atoms with Crippen molar-refractivity contribution in [3.05, 3.63) is 84.9 Å². The van der Waals surface area contributed by atoms with Crippen LogP contribution in [0.4, 0.5) is 0 Å². The molecule has 4 rings (SSSR count). The van der Waals surface area contributed by atoms with Gasteiger partial charge in [0.25, 0.3) is 0 Å². The molecule has 0 saturated heterocycles. The topological polar surface area (TPSA) is 92.1 Å². The van der Waals surface area contributed by atoms with Crippen molar-refractivity contribution in [2.24, 2.45) is 0 Å². The van der Waals surface area contributed by atoms with Gasteiger partial charge in [0.15, 0.2) is 0 Å². The quantitative estimate of drug-likeness (QED) is 0.397. The number of sulfone groups is 2. The minimum Gasteiger partial charge on any atom is -0.279 e. The average Bonchev–Trinajstić information content (AvgIpc) is 2.72. The lowest BCUT2D eigenvalue weighted by Crippen LogP contribution is -2.24. The Labute approximate surface area is 162 Å². The first-order chi connectivity index (χ1) is 13.3. The van der Waals surface area contributed by atoms with Crippen LogP contribution < -0.4 is 0 Å². The molecule has 0 heterocycles. The van der Waals surface area contributed by atoms with Crippen LogP contribution in [0.3, 0.4) is 0 Å². The van der Waals surface area contributed by atoms with Crippen molar-refractivity contribution in [3.8, 4) is 0 Å². The monoisotopic (exact) mass is 409 g/mol. The number of hydrogen-bond acceptors (Lipinski definition) is 5. The third-order valence-electron chi connectivity index (χ3n) is 4.55. The summed E-state index contributed by atoms with van der Waals surface area (Å²) in [5.74, 6) is 0. The molecule has 7 heteroatoms. The van der Waals surface area contributed by atoms with Gasteiger partial charge in [-0.05, 0) is 45.8 Å². The van der Waals surface area contributed by atoms with E-state index in [2.05, 4.69) is 0 Å². The van der Waals surface area contributed by atoms with Crippen LogP contribution in [0.15, 0.2) is 94.7 Å². The Bertz CT molecular complexity index is 1350. The Kier molecular flexibility index (Phi) is 4.28. The average molecular weight is 409 g/mol. The van der Waals surface area contributed by atoms with Gasteiger partial charge in [0.2, 0.25) is 24.1 Å². The van der Waals surface area contributed by atoms with Crippen molar-refractivity contribution in [2.75, 3.05) is 0 Å². The standard InChI is InChI=1S/C21H15NO4S2/c22-21(27(23,24)19-11-9-15-5-1-3-7-17(15)13-19)28(25,26)20-12-10-16-6-2-4-8-18(16)14-20/h1-14,22H. The molecule has 140 valence electrons. The van der Waals surface area contributed by atoms with Crippen molar-refractivity contribution < 1.29 is 16.8 Å². The van der Waals surface area contributed by atoms with Crippen LogP contribution in [0.1, 0.15) is 0 Å². The number of benzene rings is 4. The van der Waals surface area contributed by atoms with Crippen LogP contribution in [0.25, 0.3) is 21.5 Å². The molecular weight excluding hydrogens is 394 g/mol. The van der Waals surface area contributed by atoms with E-state index < -0.39 is 24.1 Å². The molecule has 0 aromatic heterocycles. The largest absolute Gasteiger partial charge is 0.279 e. The first-order valence-corrected chi connectivity index (χ1v) is 11.3. The summed E-state index contributed by atoms with van der Waals surface area (Å²) >= 11 is 0. The van der Waals surface area contributed by atoms with Crippen molar-refractivity contribution in [1.82, 2.24) is 0 Å². The molecule has 0 amide bonds. The SMILES string of the molecule is N=C(S(=O)(=O)c1ccc2ccccc2c1)S(=O)(=O)c1ccc2ccccc2c1. The maximum Gasteiger partial charge on any atom is 0.249 e. The molecule has 5 nitrogen and oxygen atoms in total. The van der Waals surface area contributed by atoms with E-state index in [9.17, 15) is 16.8 Å². The molecule has 28 heavy (non-hydrogen) atoms.